The number of carbonyl (C=O) groups excluding carboxylic acids is 2. The highest BCUT2D eigenvalue weighted by molar-refractivity contribution is 14.1. The van der Waals surface area contributed by atoms with Crippen molar-refractivity contribution in [3.05, 3.63) is 0 Å². The van der Waals surface area contributed by atoms with Gasteiger partial charge in [-0.05, 0) is 13.3 Å². The molecular weight excluding hydrogens is 311 g/mol. The molecule has 0 bridgehead atoms. The molecule has 0 saturated carbocycles. The molecule has 1 rings (SSSR count). The van der Waals surface area contributed by atoms with Gasteiger partial charge in [-0.1, -0.05) is 29.5 Å². The lowest BCUT2D eigenvalue weighted by Gasteiger charge is -2.19. The van der Waals surface area contributed by atoms with Crippen molar-refractivity contribution in [2.75, 3.05) is 11.0 Å². The standard InChI is InChI=1S/C10H15IO4/c1-3-10(8(12)14-4-2)5-7(6-11)15-9(10)13/h7H,3-6H2,1-2H3. The third-order valence-electron chi connectivity index (χ3n) is 2.68. The van der Waals surface area contributed by atoms with Gasteiger partial charge in [0.2, 0.25) is 0 Å². The minimum atomic E-state index is -1.05. The lowest BCUT2D eigenvalue weighted by atomic mass is 9.82. The smallest absolute Gasteiger partial charge is 0.323 e. The Labute approximate surface area is 103 Å². The van der Waals surface area contributed by atoms with E-state index in [0.29, 0.717) is 23.9 Å². The minimum absolute atomic E-state index is 0.151. The van der Waals surface area contributed by atoms with E-state index in [1.54, 1.807) is 6.92 Å². The fourth-order valence-corrected chi connectivity index (χ4v) is 2.22. The van der Waals surface area contributed by atoms with Gasteiger partial charge < -0.3 is 9.47 Å². The first-order valence-corrected chi connectivity index (χ1v) is 6.57. The molecule has 0 aromatic heterocycles. The largest absolute Gasteiger partial charge is 0.465 e. The molecule has 0 N–H and O–H groups in total. The van der Waals surface area contributed by atoms with Crippen LogP contribution in [0.4, 0.5) is 0 Å². The Bertz CT molecular complexity index is 266. The van der Waals surface area contributed by atoms with Gasteiger partial charge in [-0.15, -0.1) is 0 Å². The molecule has 86 valence electrons. The molecule has 4 nitrogen and oxygen atoms in total. The second kappa shape index (κ2) is 5.14. The van der Waals surface area contributed by atoms with Crippen molar-refractivity contribution in [2.45, 2.75) is 32.8 Å². The summed E-state index contributed by atoms with van der Waals surface area (Å²) >= 11 is 2.15. The van der Waals surface area contributed by atoms with Crippen molar-refractivity contribution < 1.29 is 19.1 Å². The van der Waals surface area contributed by atoms with Gasteiger partial charge >= 0.3 is 11.9 Å². The Morgan fingerprint density at radius 1 is 1.67 bits per heavy atom. The number of alkyl halides is 1. The molecule has 1 fully saturated rings. The first kappa shape index (κ1) is 12.7. The Kier molecular flexibility index (Phi) is 4.36. The summed E-state index contributed by atoms with van der Waals surface area (Å²) in [4.78, 5) is 23.4. The maximum atomic E-state index is 11.7. The fraction of sp³-hybridized carbons (Fsp3) is 0.800. The summed E-state index contributed by atoms with van der Waals surface area (Å²) < 4.78 is 10.8. The van der Waals surface area contributed by atoms with Gasteiger partial charge in [-0.3, -0.25) is 9.59 Å². The van der Waals surface area contributed by atoms with E-state index in [-0.39, 0.29) is 6.10 Å². The van der Waals surface area contributed by atoms with Gasteiger partial charge in [0.1, 0.15) is 6.10 Å². The van der Waals surface area contributed by atoms with E-state index in [1.807, 2.05) is 6.92 Å². The number of esters is 2. The summed E-state index contributed by atoms with van der Waals surface area (Å²) in [5.41, 5.74) is -1.05. The SMILES string of the molecule is CCOC(=O)C1(CC)CC(CI)OC1=O. The summed E-state index contributed by atoms with van der Waals surface area (Å²) in [6, 6.07) is 0. The van der Waals surface area contributed by atoms with E-state index in [0.717, 1.165) is 0 Å². The average Bonchev–Trinajstić information content (AvgIpc) is 2.56. The zero-order valence-corrected chi connectivity index (χ0v) is 11.1. The van der Waals surface area contributed by atoms with E-state index in [4.69, 9.17) is 9.47 Å². The molecule has 5 heteroatoms. The quantitative estimate of drug-likeness (QED) is 0.341. The van der Waals surface area contributed by atoms with Crippen molar-refractivity contribution in [1.82, 2.24) is 0 Å². The van der Waals surface area contributed by atoms with Crippen LogP contribution in [0.15, 0.2) is 0 Å². The summed E-state index contributed by atoms with van der Waals surface area (Å²) in [5, 5.41) is 0. The second-order valence-electron chi connectivity index (χ2n) is 3.54. The van der Waals surface area contributed by atoms with Gasteiger partial charge in [0.15, 0.2) is 5.41 Å². The normalized spacial score (nSPS) is 30.1. The van der Waals surface area contributed by atoms with Crippen LogP contribution in [0.5, 0.6) is 0 Å². The summed E-state index contributed by atoms with van der Waals surface area (Å²) in [7, 11) is 0. The molecule has 1 aliphatic heterocycles. The molecular formula is C10H15IO4. The highest BCUT2D eigenvalue weighted by Gasteiger charge is 2.54. The molecule has 1 heterocycles. The number of rotatable bonds is 4. The number of hydrogen-bond acceptors (Lipinski definition) is 4. The Balaban J connectivity index is 2.85. The lowest BCUT2D eigenvalue weighted by molar-refractivity contribution is -0.165. The second-order valence-corrected chi connectivity index (χ2v) is 4.42. The number of halogens is 1. The first-order valence-electron chi connectivity index (χ1n) is 5.05. The van der Waals surface area contributed by atoms with E-state index >= 15 is 0 Å². The number of hydrogen-bond donors (Lipinski definition) is 0. The highest BCUT2D eigenvalue weighted by Crippen LogP contribution is 2.39. The monoisotopic (exact) mass is 326 g/mol. The molecule has 2 unspecified atom stereocenters. The molecule has 0 radical (unpaired) electrons. The van der Waals surface area contributed by atoms with E-state index < -0.39 is 17.4 Å². The average molecular weight is 326 g/mol. The van der Waals surface area contributed by atoms with Gasteiger partial charge in [0.05, 0.1) is 6.61 Å². The molecule has 0 spiro atoms. The predicted molar refractivity (Wildman–Crippen MR) is 62.7 cm³/mol. The molecule has 15 heavy (non-hydrogen) atoms. The summed E-state index contributed by atoms with van der Waals surface area (Å²) in [5.74, 6) is -0.866. The maximum Gasteiger partial charge on any atom is 0.323 e. The number of cyclic esters (lactones) is 1. The van der Waals surface area contributed by atoms with Crippen molar-refractivity contribution in [3.8, 4) is 0 Å². The third kappa shape index (κ3) is 2.26. The molecule has 2 atom stereocenters. The summed E-state index contributed by atoms with van der Waals surface area (Å²) in [6.45, 7) is 3.84. The molecule has 0 aromatic rings. The van der Waals surface area contributed by atoms with Crippen LogP contribution in [0, 0.1) is 5.41 Å². The van der Waals surface area contributed by atoms with Crippen molar-refractivity contribution in [2.24, 2.45) is 5.41 Å². The molecule has 0 aliphatic carbocycles. The minimum Gasteiger partial charge on any atom is -0.465 e. The summed E-state index contributed by atoms with van der Waals surface area (Å²) in [6.07, 6.45) is 0.740. The van der Waals surface area contributed by atoms with Gasteiger partial charge in [-0.2, -0.15) is 0 Å². The zero-order valence-electron chi connectivity index (χ0n) is 8.92. The van der Waals surface area contributed by atoms with Crippen LogP contribution in [0.2, 0.25) is 0 Å². The predicted octanol–water partition coefficient (Wildman–Crippen LogP) is 1.70. The number of carbonyl (C=O) groups is 2. The topological polar surface area (TPSA) is 52.6 Å². The molecule has 1 saturated heterocycles. The zero-order chi connectivity index (χ0) is 11.5. The van der Waals surface area contributed by atoms with Crippen LogP contribution in [0.25, 0.3) is 0 Å². The van der Waals surface area contributed by atoms with Gasteiger partial charge in [0, 0.05) is 10.8 Å². The van der Waals surface area contributed by atoms with Crippen LogP contribution < -0.4 is 0 Å². The fourth-order valence-electron chi connectivity index (χ4n) is 1.73. The highest BCUT2D eigenvalue weighted by atomic mass is 127. The molecule has 0 aromatic carbocycles. The first-order chi connectivity index (χ1) is 7.10. The van der Waals surface area contributed by atoms with E-state index in [1.165, 1.54) is 0 Å². The van der Waals surface area contributed by atoms with Crippen LogP contribution in [0.1, 0.15) is 26.7 Å². The van der Waals surface area contributed by atoms with Crippen molar-refractivity contribution in [1.29, 1.82) is 0 Å². The van der Waals surface area contributed by atoms with Gasteiger partial charge in [0.25, 0.3) is 0 Å². The number of ether oxygens (including phenoxy) is 2. The third-order valence-corrected chi connectivity index (χ3v) is 3.66. The lowest BCUT2D eigenvalue weighted by Crippen LogP contribution is -2.36. The van der Waals surface area contributed by atoms with Crippen molar-refractivity contribution >= 4 is 34.5 Å². The molecule has 1 aliphatic rings. The maximum absolute atomic E-state index is 11.7. The van der Waals surface area contributed by atoms with Crippen LogP contribution in [-0.4, -0.2) is 29.1 Å². The van der Waals surface area contributed by atoms with E-state index in [2.05, 4.69) is 22.6 Å². The van der Waals surface area contributed by atoms with Crippen molar-refractivity contribution in [3.63, 3.8) is 0 Å². The van der Waals surface area contributed by atoms with Crippen LogP contribution in [0.3, 0.4) is 0 Å². The Hall–Kier alpha value is -0.330. The van der Waals surface area contributed by atoms with Crippen LogP contribution in [-0.2, 0) is 19.1 Å². The van der Waals surface area contributed by atoms with E-state index in [9.17, 15) is 9.59 Å². The molecule has 0 amide bonds. The Morgan fingerprint density at radius 3 is 2.73 bits per heavy atom. The van der Waals surface area contributed by atoms with Gasteiger partial charge in [-0.25, -0.2) is 0 Å². The Morgan fingerprint density at radius 2 is 2.33 bits per heavy atom. The van der Waals surface area contributed by atoms with Crippen LogP contribution >= 0.6 is 22.6 Å².